The Morgan fingerprint density at radius 3 is 2.43 bits per heavy atom. The number of nitrogens with zero attached hydrogens (tertiary/aromatic N) is 3. The first-order valence-electron chi connectivity index (χ1n) is 6.64. The quantitative estimate of drug-likeness (QED) is 0.842. The number of carbonyl (C=O) groups excluding carboxylic acids is 2. The van der Waals surface area contributed by atoms with E-state index in [2.05, 4.69) is 14.9 Å². The molecule has 0 spiro atoms. The molecule has 21 heavy (non-hydrogen) atoms. The van der Waals surface area contributed by atoms with Crippen molar-refractivity contribution < 1.29 is 23.7 Å². The summed E-state index contributed by atoms with van der Waals surface area (Å²) >= 11 is 0. The molecule has 0 atom stereocenters. The summed E-state index contributed by atoms with van der Waals surface area (Å²) < 4.78 is 15.2. The number of rotatable bonds is 3. The molecule has 1 aromatic heterocycles. The third-order valence-corrected chi connectivity index (χ3v) is 2.93. The summed E-state index contributed by atoms with van der Waals surface area (Å²) in [5.41, 5.74) is -1.18. The van der Waals surface area contributed by atoms with Crippen LogP contribution in [-0.2, 0) is 4.74 Å². The van der Waals surface area contributed by atoms with Gasteiger partial charge in [0, 0.05) is 7.05 Å². The molecule has 1 fully saturated rings. The van der Waals surface area contributed by atoms with E-state index >= 15 is 0 Å². The first kappa shape index (κ1) is 15.3. The van der Waals surface area contributed by atoms with Crippen LogP contribution in [0.3, 0.4) is 0 Å². The maximum absolute atomic E-state index is 12.2. The molecule has 2 rings (SSSR count). The topological polar surface area (TPSA) is 94.8 Å². The van der Waals surface area contributed by atoms with Crippen molar-refractivity contribution in [3.05, 3.63) is 5.69 Å². The summed E-state index contributed by atoms with van der Waals surface area (Å²) in [5.74, 6) is -0.694. The molecule has 1 saturated carbocycles. The Morgan fingerprint density at radius 1 is 1.29 bits per heavy atom. The highest BCUT2D eigenvalue weighted by molar-refractivity contribution is 6.02. The van der Waals surface area contributed by atoms with Gasteiger partial charge < -0.3 is 9.47 Å². The van der Waals surface area contributed by atoms with Gasteiger partial charge in [0.25, 0.3) is 11.8 Å². The first-order valence-corrected chi connectivity index (χ1v) is 6.64. The smallest absolute Gasteiger partial charge is 0.417 e. The first-order chi connectivity index (χ1) is 9.61. The van der Waals surface area contributed by atoms with Crippen molar-refractivity contribution in [2.75, 3.05) is 7.05 Å². The fourth-order valence-electron chi connectivity index (χ4n) is 1.46. The average Bonchev–Trinajstić information content (AvgIpc) is 2.90. The van der Waals surface area contributed by atoms with Gasteiger partial charge in [0.1, 0.15) is 11.2 Å². The van der Waals surface area contributed by atoms with Crippen molar-refractivity contribution in [2.24, 2.45) is 0 Å². The Morgan fingerprint density at radius 2 is 1.90 bits per heavy atom. The molecule has 0 N–H and O–H groups in total. The molecule has 0 saturated heterocycles. The fraction of sp³-hybridized carbons (Fsp3) is 0.692. The lowest BCUT2D eigenvalue weighted by atomic mass is 10.2. The molecule has 2 amide bonds. The standard InChI is InChI=1S/C13H19N3O5/c1-12(2,3)20-11(18)16(5)10(17)8-9(15-21-14-8)19-13(4)6-7-13/h6-7H2,1-5H3. The van der Waals surface area contributed by atoms with E-state index < -0.39 is 17.6 Å². The molecule has 1 aromatic rings. The molecule has 116 valence electrons. The second-order valence-corrected chi connectivity index (χ2v) is 6.31. The van der Waals surface area contributed by atoms with Crippen molar-refractivity contribution in [1.82, 2.24) is 15.2 Å². The molecule has 0 bridgehead atoms. The van der Waals surface area contributed by atoms with Crippen LogP contribution >= 0.6 is 0 Å². The van der Waals surface area contributed by atoms with Crippen LogP contribution in [0, 0.1) is 0 Å². The third-order valence-electron chi connectivity index (χ3n) is 2.93. The molecule has 1 aliphatic rings. The summed E-state index contributed by atoms with van der Waals surface area (Å²) in [6, 6.07) is 0. The van der Waals surface area contributed by atoms with Gasteiger partial charge in [-0.3, -0.25) is 4.79 Å². The monoisotopic (exact) mass is 297 g/mol. The van der Waals surface area contributed by atoms with Gasteiger partial charge in [-0.1, -0.05) is 0 Å². The van der Waals surface area contributed by atoms with Crippen LogP contribution in [0.5, 0.6) is 5.88 Å². The van der Waals surface area contributed by atoms with Crippen LogP contribution in [0.1, 0.15) is 51.0 Å². The number of hydrogen-bond donors (Lipinski definition) is 0. The predicted octanol–water partition coefficient (Wildman–Crippen LogP) is 2.01. The Bertz CT molecular complexity index is 556. The molecule has 1 heterocycles. The highest BCUT2D eigenvalue weighted by Crippen LogP contribution is 2.39. The van der Waals surface area contributed by atoms with Crippen molar-refractivity contribution in [3.63, 3.8) is 0 Å². The van der Waals surface area contributed by atoms with Crippen LogP contribution in [0.25, 0.3) is 0 Å². The lowest BCUT2D eigenvalue weighted by molar-refractivity contribution is 0.0281. The molecule has 0 unspecified atom stereocenters. The van der Waals surface area contributed by atoms with E-state index in [0.29, 0.717) is 0 Å². The van der Waals surface area contributed by atoms with Crippen molar-refractivity contribution in [1.29, 1.82) is 0 Å². The normalized spacial score (nSPS) is 16.2. The molecule has 8 heteroatoms. The number of aromatic nitrogens is 2. The molecule has 1 aliphatic carbocycles. The summed E-state index contributed by atoms with van der Waals surface area (Å²) in [7, 11) is 1.30. The van der Waals surface area contributed by atoms with Gasteiger partial charge in [0.2, 0.25) is 5.69 Å². The van der Waals surface area contributed by atoms with Crippen LogP contribution in [0.15, 0.2) is 4.63 Å². The predicted molar refractivity (Wildman–Crippen MR) is 70.9 cm³/mol. The lowest BCUT2D eigenvalue weighted by Gasteiger charge is -2.23. The SMILES string of the molecule is CN(C(=O)OC(C)(C)C)C(=O)c1nonc1OC1(C)CC1. The van der Waals surface area contributed by atoms with Crippen LogP contribution < -0.4 is 4.74 Å². The van der Waals surface area contributed by atoms with Gasteiger partial charge in [-0.15, -0.1) is 0 Å². The second-order valence-electron chi connectivity index (χ2n) is 6.31. The van der Waals surface area contributed by atoms with E-state index in [0.717, 1.165) is 17.7 Å². The van der Waals surface area contributed by atoms with E-state index in [1.807, 2.05) is 6.92 Å². The number of imide groups is 1. The van der Waals surface area contributed by atoms with Gasteiger partial charge in [-0.05, 0) is 50.8 Å². The summed E-state index contributed by atoms with van der Waals surface area (Å²) in [6.07, 6.45) is 0.962. The van der Waals surface area contributed by atoms with Gasteiger partial charge in [0.15, 0.2) is 0 Å². The zero-order valence-electron chi connectivity index (χ0n) is 12.8. The Balaban J connectivity index is 2.09. The minimum Gasteiger partial charge on any atom is -0.467 e. The number of carbonyl (C=O) groups is 2. The number of hydrogen-bond acceptors (Lipinski definition) is 7. The Labute approximate surface area is 122 Å². The van der Waals surface area contributed by atoms with Crippen molar-refractivity contribution in [3.8, 4) is 5.88 Å². The summed E-state index contributed by atoms with van der Waals surface area (Å²) in [4.78, 5) is 24.9. The molecule has 0 radical (unpaired) electrons. The Kier molecular flexibility index (Phi) is 3.65. The second kappa shape index (κ2) is 5.01. The van der Waals surface area contributed by atoms with Crippen molar-refractivity contribution >= 4 is 12.0 Å². The van der Waals surface area contributed by atoms with E-state index in [-0.39, 0.29) is 17.2 Å². The molecule has 0 aliphatic heterocycles. The van der Waals surface area contributed by atoms with Crippen molar-refractivity contribution in [2.45, 2.75) is 51.7 Å². The van der Waals surface area contributed by atoms with E-state index in [4.69, 9.17) is 9.47 Å². The summed E-state index contributed by atoms with van der Waals surface area (Å²) in [5, 5.41) is 7.09. The van der Waals surface area contributed by atoms with E-state index in [9.17, 15) is 9.59 Å². The highest BCUT2D eigenvalue weighted by Gasteiger charge is 2.42. The third kappa shape index (κ3) is 3.71. The Hall–Kier alpha value is -2.12. The lowest BCUT2D eigenvalue weighted by Crippen LogP contribution is -2.38. The molecule has 8 nitrogen and oxygen atoms in total. The minimum absolute atomic E-state index is 0.00425. The van der Waals surface area contributed by atoms with E-state index in [1.54, 1.807) is 20.8 Å². The number of amides is 2. The zero-order chi connectivity index (χ0) is 15.8. The number of ether oxygens (including phenoxy) is 2. The molecular formula is C13H19N3O5. The largest absolute Gasteiger partial charge is 0.467 e. The van der Waals surface area contributed by atoms with Crippen LogP contribution in [-0.4, -0.2) is 45.5 Å². The van der Waals surface area contributed by atoms with Gasteiger partial charge >= 0.3 is 6.09 Å². The fourth-order valence-corrected chi connectivity index (χ4v) is 1.46. The molecular weight excluding hydrogens is 278 g/mol. The molecule has 0 aromatic carbocycles. The minimum atomic E-state index is -0.779. The maximum Gasteiger partial charge on any atom is 0.417 e. The van der Waals surface area contributed by atoms with Crippen LogP contribution in [0.4, 0.5) is 4.79 Å². The van der Waals surface area contributed by atoms with Crippen LogP contribution in [0.2, 0.25) is 0 Å². The van der Waals surface area contributed by atoms with E-state index in [1.165, 1.54) is 7.05 Å². The van der Waals surface area contributed by atoms with Gasteiger partial charge in [-0.25, -0.2) is 14.3 Å². The maximum atomic E-state index is 12.2. The zero-order valence-corrected chi connectivity index (χ0v) is 12.8. The highest BCUT2D eigenvalue weighted by atomic mass is 16.6. The average molecular weight is 297 g/mol. The summed E-state index contributed by atoms with van der Waals surface area (Å²) in [6.45, 7) is 7.03. The van der Waals surface area contributed by atoms with Gasteiger partial charge in [0.05, 0.1) is 0 Å². The van der Waals surface area contributed by atoms with Gasteiger partial charge in [-0.2, -0.15) is 0 Å².